The highest BCUT2D eigenvalue weighted by molar-refractivity contribution is 5.96. The van der Waals surface area contributed by atoms with Crippen molar-refractivity contribution in [2.45, 2.75) is 19.3 Å². The zero-order valence-electron chi connectivity index (χ0n) is 13.2. The predicted octanol–water partition coefficient (Wildman–Crippen LogP) is 2.99. The third-order valence-electron chi connectivity index (χ3n) is 4.27. The number of phenolic OH excluding ortho intramolecular Hbond substituents is 1. The quantitative estimate of drug-likeness (QED) is 0.906. The van der Waals surface area contributed by atoms with Gasteiger partial charge in [0, 0.05) is 24.1 Å². The van der Waals surface area contributed by atoms with Crippen molar-refractivity contribution < 1.29 is 24.1 Å². The third-order valence-corrected chi connectivity index (χ3v) is 4.27. The number of nitrogens with one attached hydrogen (secondary N) is 1. The minimum Gasteiger partial charge on any atom is -0.504 e. The summed E-state index contributed by atoms with van der Waals surface area (Å²) in [6.07, 6.45) is 0.322. The van der Waals surface area contributed by atoms with Crippen LogP contribution in [0.3, 0.4) is 0 Å². The number of carbonyl (C=O) groups excluding carboxylic acids is 1. The molecule has 2 N–H and O–H groups in total. The number of amides is 1. The minimum atomic E-state index is -0.136. The summed E-state index contributed by atoms with van der Waals surface area (Å²) in [5, 5.41) is 12.8. The van der Waals surface area contributed by atoms with Crippen LogP contribution >= 0.6 is 0 Å². The molecule has 0 aromatic heterocycles. The Morgan fingerprint density at radius 2 is 2.04 bits per heavy atom. The van der Waals surface area contributed by atoms with Crippen LogP contribution in [-0.4, -0.2) is 24.4 Å². The fraction of sp³-hybridized carbons (Fsp3) is 0.278. The monoisotopic (exact) mass is 327 g/mol. The third kappa shape index (κ3) is 2.40. The van der Waals surface area contributed by atoms with Gasteiger partial charge in [0.2, 0.25) is 12.7 Å². The number of anilines is 1. The van der Waals surface area contributed by atoms with Gasteiger partial charge >= 0.3 is 0 Å². The Hall–Kier alpha value is -2.89. The average molecular weight is 327 g/mol. The minimum absolute atomic E-state index is 0.0580. The Morgan fingerprint density at radius 3 is 2.83 bits per heavy atom. The summed E-state index contributed by atoms with van der Waals surface area (Å²) in [6.45, 7) is 2.50. The molecule has 124 valence electrons. The van der Waals surface area contributed by atoms with Gasteiger partial charge in [0.1, 0.15) is 0 Å². The van der Waals surface area contributed by atoms with E-state index in [-0.39, 0.29) is 24.4 Å². The van der Waals surface area contributed by atoms with E-state index in [1.165, 1.54) is 0 Å². The molecule has 4 rings (SSSR count). The first-order chi connectivity index (χ1) is 11.7. The molecule has 0 radical (unpaired) electrons. The van der Waals surface area contributed by atoms with Crippen molar-refractivity contribution in [3.63, 3.8) is 0 Å². The van der Waals surface area contributed by atoms with E-state index in [2.05, 4.69) is 5.32 Å². The molecule has 0 bridgehead atoms. The number of carbonyl (C=O) groups is 1. The van der Waals surface area contributed by atoms with Gasteiger partial charge in [-0.3, -0.25) is 4.79 Å². The van der Waals surface area contributed by atoms with Crippen LogP contribution in [0.15, 0.2) is 30.3 Å². The molecule has 0 aliphatic carbocycles. The number of ether oxygens (including phenoxy) is 3. The number of hydrogen-bond donors (Lipinski definition) is 2. The van der Waals surface area contributed by atoms with Gasteiger partial charge in [0.15, 0.2) is 23.0 Å². The van der Waals surface area contributed by atoms with E-state index in [1.54, 1.807) is 18.2 Å². The highest BCUT2D eigenvalue weighted by Gasteiger charge is 2.30. The summed E-state index contributed by atoms with van der Waals surface area (Å²) in [7, 11) is 0. The lowest BCUT2D eigenvalue weighted by Crippen LogP contribution is -2.23. The summed E-state index contributed by atoms with van der Waals surface area (Å²) >= 11 is 0. The van der Waals surface area contributed by atoms with E-state index in [1.807, 2.05) is 19.1 Å². The van der Waals surface area contributed by atoms with E-state index in [9.17, 15) is 9.90 Å². The topological polar surface area (TPSA) is 77.0 Å². The lowest BCUT2D eigenvalue weighted by Gasteiger charge is -2.26. The molecular formula is C18H17NO5. The standard InChI is InChI=1S/C18H17NO5/c1-2-22-15-5-10(3-4-14(15)20)11-7-18(21)19-13-8-17-16(6-12(11)13)23-9-24-17/h3-6,8,11,20H,2,7,9H2,1H3,(H,19,21)/t11-/m1/s1. The molecule has 24 heavy (non-hydrogen) atoms. The number of hydrogen-bond acceptors (Lipinski definition) is 5. The Bertz CT molecular complexity index is 817. The SMILES string of the molecule is CCOc1cc([C@H]2CC(=O)Nc3cc4c(cc32)OCO4)ccc1O. The van der Waals surface area contributed by atoms with Gasteiger partial charge in [0.25, 0.3) is 0 Å². The normalized spacial score (nSPS) is 18.0. The van der Waals surface area contributed by atoms with Crippen molar-refractivity contribution in [1.82, 2.24) is 0 Å². The van der Waals surface area contributed by atoms with E-state index in [0.717, 1.165) is 16.8 Å². The second-order valence-corrected chi connectivity index (χ2v) is 5.76. The molecule has 2 aromatic carbocycles. The van der Waals surface area contributed by atoms with Crippen molar-refractivity contribution in [2.75, 3.05) is 18.7 Å². The van der Waals surface area contributed by atoms with Gasteiger partial charge in [-0.2, -0.15) is 0 Å². The van der Waals surface area contributed by atoms with Crippen LogP contribution in [-0.2, 0) is 4.79 Å². The molecule has 0 saturated heterocycles. The van der Waals surface area contributed by atoms with Crippen LogP contribution in [0.5, 0.6) is 23.0 Å². The van der Waals surface area contributed by atoms with Gasteiger partial charge in [-0.05, 0) is 36.2 Å². The highest BCUT2D eigenvalue weighted by atomic mass is 16.7. The van der Waals surface area contributed by atoms with Crippen molar-refractivity contribution in [2.24, 2.45) is 0 Å². The Morgan fingerprint density at radius 1 is 1.25 bits per heavy atom. The van der Waals surface area contributed by atoms with E-state index in [0.29, 0.717) is 30.3 Å². The van der Waals surface area contributed by atoms with Crippen molar-refractivity contribution in [1.29, 1.82) is 0 Å². The largest absolute Gasteiger partial charge is 0.504 e. The van der Waals surface area contributed by atoms with Crippen molar-refractivity contribution >= 4 is 11.6 Å². The number of rotatable bonds is 3. The first-order valence-electron chi connectivity index (χ1n) is 7.85. The summed E-state index contributed by atoms with van der Waals surface area (Å²) in [5.74, 6) is 1.63. The van der Waals surface area contributed by atoms with Crippen LogP contribution in [0.25, 0.3) is 0 Å². The molecule has 1 atom stereocenters. The maximum atomic E-state index is 12.1. The molecular weight excluding hydrogens is 310 g/mol. The number of fused-ring (bicyclic) bond motifs is 2. The van der Waals surface area contributed by atoms with Crippen LogP contribution in [0.2, 0.25) is 0 Å². The lowest BCUT2D eigenvalue weighted by atomic mass is 9.84. The van der Waals surface area contributed by atoms with E-state index < -0.39 is 0 Å². The predicted molar refractivity (Wildman–Crippen MR) is 86.9 cm³/mol. The van der Waals surface area contributed by atoms with Crippen LogP contribution in [0.4, 0.5) is 5.69 Å². The summed E-state index contributed by atoms with van der Waals surface area (Å²) in [5.41, 5.74) is 2.60. The van der Waals surface area contributed by atoms with Crippen LogP contribution in [0.1, 0.15) is 30.4 Å². The highest BCUT2D eigenvalue weighted by Crippen LogP contribution is 2.45. The summed E-state index contributed by atoms with van der Waals surface area (Å²) in [6, 6.07) is 8.91. The zero-order valence-corrected chi connectivity index (χ0v) is 13.2. The number of aromatic hydroxyl groups is 1. The maximum absolute atomic E-state index is 12.1. The Kier molecular flexibility index (Phi) is 3.45. The molecule has 2 aromatic rings. The Balaban J connectivity index is 1.79. The van der Waals surface area contributed by atoms with Gasteiger partial charge in [-0.25, -0.2) is 0 Å². The van der Waals surface area contributed by atoms with Crippen molar-refractivity contribution in [3.05, 3.63) is 41.5 Å². The summed E-state index contributed by atoms with van der Waals surface area (Å²) < 4.78 is 16.3. The molecule has 2 aliphatic heterocycles. The van der Waals surface area contributed by atoms with Gasteiger partial charge in [0.05, 0.1) is 6.61 Å². The molecule has 6 heteroatoms. The van der Waals surface area contributed by atoms with Crippen LogP contribution in [0, 0.1) is 0 Å². The lowest BCUT2D eigenvalue weighted by molar-refractivity contribution is -0.116. The second-order valence-electron chi connectivity index (χ2n) is 5.76. The van der Waals surface area contributed by atoms with Gasteiger partial charge in [-0.15, -0.1) is 0 Å². The summed E-state index contributed by atoms with van der Waals surface area (Å²) in [4.78, 5) is 12.1. The fourth-order valence-electron chi connectivity index (χ4n) is 3.17. The molecule has 0 fully saturated rings. The molecule has 0 spiro atoms. The first kappa shape index (κ1) is 14.7. The molecule has 0 unspecified atom stereocenters. The van der Waals surface area contributed by atoms with Gasteiger partial charge < -0.3 is 24.6 Å². The smallest absolute Gasteiger partial charge is 0.231 e. The second kappa shape index (κ2) is 5.63. The molecule has 6 nitrogen and oxygen atoms in total. The number of benzene rings is 2. The molecule has 0 saturated carbocycles. The maximum Gasteiger partial charge on any atom is 0.231 e. The fourth-order valence-corrected chi connectivity index (χ4v) is 3.17. The first-order valence-corrected chi connectivity index (χ1v) is 7.85. The Labute approximate surface area is 139 Å². The molecule has 2 aliphatic rings. The van der Waals surface area contributed by atoms with E-state index in [4.69, 9.17) is 14.2 Å². The van der Waals surface area contributed by atoms with Crippen LogP contribution < -0.4 is 19.5 Å². The van der Waals surface area contributed by atoms with Gasteiger partial charge in [-0.1, -0.05) is 6.07 Å². The van der Waals surface area contributed by atoms with Crippen molar-refractivity contribution in [3.8, 4) is 23.0 Å². The number of phenols is 1. The zero-order chi connectivity index (χ0) is 16.7. The molecule has 2 heterocycles. The molecule has 1 amide bonds. The van der Waals surface area contributed by atoms with E-state index >= 15 is 0 Å². The average Bonchev–Trinajstić information content (AvgIpc) is 3.01.